The molecule has 5 nitrogen and oxygen atoms in total. The van der Waals surface area contributed by atoms with Gasteiger partial charge in [-0.3, -0.25) is 9.69 Å². The Morgan fingerprint density at radius 3 is 2.73 bits per heavy atom. The summed E-state index contributed by atoms with van der Waals surface area (Å²) < 4.78 is 16.6. The Hall–Kier alpha value is -2.51. The quantitative estimate of drug-likeness (QED) is 0.580. The smallest absolute Gasteiger partial charge is 0.270 e. The van der Waals surface area contributed by atoms with Gasteiger partial charge in [-0.25, -0.2) is 0 Å². The Morgan fingerprint density at radius 2 is 1.96 bits per heavy atom. The van der Waals surface area contributed by atoms with Gasteiger partial charge in [0.25, 0.3) is 5.91 Å². The summed E-state index contributed by atoms with van der Waals surface area (Å²) in [7, 11) is 0. The Labute approximate surface area is 160 Å². The second-order valence-corrected chi connectivity index (χ2v) is 7.23. The van der Waals surface area contributed by atoms with Crippen molar-refractivity contribution in [3.63, 3.8) is 0 Å². The summed E-state index contributed by atoms with van der Waals surface area (Å²) in [6.45, 7) is 2.74. The molecule has 0 radical (unpaired) electrons. The van der Waals surface area contributed by atoms with Crippen LogP contribution in [-0.2, 0) is 4.79 Å². The van der Waals surface area contributed by atoms with Crippen molar-refractivity contribution in [3.8, 4) is 17.2 Å². The Bertz CT molecular complexity index is 908. The van der Waals surface area contributed by atoms with Gasteiger partial charge >= 0.3 is 0 Å². The number of benzene rings is 2. The zero-order valence-electron chi connectivity index (χ0n) is 13.9. The van der Waals surface area contributed by atoms with Crippen molar-refractivity contribution in [2.45, 2.75) is 6.92 Å². The van der Waals surface area contributed by atoms with Crippen molar-refractivity contribution in [2.24, 2.45) is 0 Å². The summed E-state index contributed by atoms with van der Waals surface area (Å²) in [6, 6.07) is 12.9. The molecule has 2 aliphatic heterocycles. The number of carbonyl (C=O) groups is 1. The minimum absolute atomic E-state index is 0.137. The molecule has 1 saturated heterocycles. The van der Waals surface area contributed by atoms with Gasteiger partial charge in [0.1, 0.15) is 5.75 Å². The van der Waals surface area contributed by atoms with E-state index >= 15 is 0 Å². The molecule has 0 saturated carbocycles. The van der Waals surface area contributed by atoms with E-state index in [2.05, 4.69) is 0 Å². The first-order chi connectivity index (χ1) is 12.7. The average molecular weight is 385 g/mol. The Kier molecular flexibility index (Phi) is 4.57. The van der Waals surface area contributed by atoms with Gasteiger partial charge in [-0.2, -0.15) is 0 Å². The average Bonchev–Trinajstić information content (AvgIpc) is 3.20. The molecule has 0 unspecified atom stereocenters. The van der Waals surface area contributed by atoms with Gasteiger partial charge in [-0.1, -0.05) is 30.0 Å². The van der Waals surface area contributed by atoms with E-state index in [0.717, 1.165) is 17.0 Å². The molecule has 4 rings (SSSR count). The van der Waals surface area contributed by atoms with E-state index in [0.29, 0.717) is 27.3 Å². The summed E-state index contributed by atoms with van der Waals surface area (Å²) in [4.78, 5) is 14.9. The summed E-state index contributed by atoms with van der Waals surface area (Å²) in [5.74, 6) is 2.02. The van der Waals surface area contributed by atoms with Crippen LogP contribution in [0.1, 0.15) is 12.5 Å². The van der Waals surface area contributed by atoms with Gasteiger partial charge in [0.2, 0.25) is 6.79 Å². The fourth-order valence-electron chi connectivity index (χ4n) is 2.70. The number of fused-ring (bicyclic) bond motifs is 1. The third-order valence-electron chi connectivity index (χ3n) is 3.89. The molecule has 1 amide bonds. The molecular formula is C19H15NO4S2. The van der Waals surface area contributed by atoms with Crippen LogP contribution in [0.15, 0.2) is 47.4 Å². The largest absolute Gasteiger partial charge is 0.494 e. The van der Waals surface area contributed by atoms with Crippen LogP contribution in [0.4, 0.5) is 5.69 Å². The topological polar surface area (TPSA) is 48.0 Å². The molecule has 7 heteroatoms. The van der Waals surface area contributed by atoms with E-state index in [1.165, 1.54) is 16.7 Å². The fraction of sp³-hybridized carbons (Fsp3) is 0.158. The van der Waals surface area contributed by atoms with E-state index in [-0.39, 0.29) is 12.7 Å². The monoisotopic (exact) mass is 385 g/mol. The summed E-state index contributed by atoms with van der Waals surface area (Å²) in [5.41, 5.74) is 1.59. The fourth-order valence-corrected chi connectivity index (χ4v) is 4.00. The standard InChI is InChI=1S/C19H15NO4S2/c1-2-22-14-6-4-13(5-7-14)20-18(21)17(26-19(20)25)10-12-3-8-15-16(9-12)24-11-23-15/h3-10H,2,11H2,1H3. The first-order valence-corrected chi connectivity index (χ1v) is 9.28. The number of hydrogen-bond acceptors (Lipinski definition) is 6. The van der Waals surface area contributed by atoms with E-state index in [1.807, 2.05) is 55.5 Å². The lowest BCUT2D eigenvalue weighted by atomic mass is 10.2. The third-order valence-corrected chi connectivity index (χ3v) is 5.20. The predicted octanol–water partition coefficient (Wildman–Crippen LogP) is 4.22. The van der Waals surface area contributed by atoms with E-state index in [9.17, 15) is 4.79 Å². The molecule has 2 aromatic rings. The zero-order valence-corrected chi connectivity index (χ0v) is 15.6. The predicted molar refractivity (Wildman–Crippen MR) is 106 cm³/mol. The number of hydrogen-bond donors (Lipinski definition) is 0. The molecule has 0 bridgehead atoms. The summed E-state index contributed by atoms with van der Waals surface area (Å²) >= 11 is 6.69. The van der Waals surface area contributed by atoms with Crippen molar-refractivity contribution >= 4 is 46.0 Å². The van der Waals surface area contributed by atoms with Gasteiger partial charge < -0.3 is 14.2 Å². The van der Waals surface area contributed by atoms with Crippen LogP contribution in [0, 0.1) is 0 Å². The van der Waals surface area contributed by atoms with Crippen LogP contribution >= 0.6 is 24.0 Å². The molecule has 0 spiro atoms. The minimum Gasteiger partial charge on any atom is -0.494 e. The summed E-state index contributed by atoms with van der Waals surface area (Å²) in [6.07, 6.45) is 1.82. The molecule has 2 heterocycles. The van der Waals surface area contributed by atoms with E-state index in [1.54, 1.807) is 0 Å². The van der Waals surface area contributed by atoms with Gasteiger partial charge in [0.15, 0.2) is 15.8 Å². The van der Waals surface area contributed by atoms with Crippen molar-refractivity contribution in [1.82, 2.24) is 0 Å². The Morgan fingerprint density at radius 1 is 1.19 bits per heavy atom. The molecule has 1 fully saturated rings. The van der Waals surface area contributed by atoms with Crippen molar-refractivity contribution in [3.05, 3.63) is 52.9 Å². The maximum absolute atomic E-state index is 12.8. The van der Waals surface area contributed by atoms with Crippen molar-refractivity contribution < 1.29 is 19.0 Å². The van der Waals surface area contributed by atoms with Crippen LogP contribution in [0.3, 0.4) is 0 Å². The highest BCUT2D eigenvalue weighted by Gasteiger charge is 2.33. The van der Waals surface area contributed by atoms with Crippen LogP contribution in [0.25, 0.3) is 6.08 Å². The number of rotatable bonds is 4. The first kappa shape index (κ1) is 16.9. The molecule has 0 aromatic heterocycles. The SMILES string of the molecule is CCOc1ccc(N2C(=O)C(=Cc3ccc4c(c3)OCO4)SC2=S)cc1. The second-order valence-electron chi connectivity index (χ2n) is 5.56. The number of amides is 1. The third kappa shape index (κ3) is 3.15. The lowest BCUT2D eigenvalue weighted by Gasteiger charge is -2.15. The van der Waals surface area contributed by atoms with Crippen LogP contribution in [0.2, 0.25) is 0 Å². The van der Waals surface area contributed by atoms with E-state index < -0.39 is 0 Å². The molecule has 0 N–H and O–H groups in total. The second kappa shape index (κ2) is 7.01. The highest BCUT2D eigenvalue weighted by molar-refractivity contribution is 8.27. The molecule has 2 aromatic carbocycles. The van der Waals surface area contributed by atoms with Crippen LogP contribution in [0.5, 0.6) is 17.2 Å². The number of thioether (sulfide) groups is 1. The maximum Gasteiger partial charge on any atom is 0.270 e. The minimum atomic E-state index is -0.137. The molecule has 2 aliphatic rings. The summed E-state index contributed by atoms with van der Waals surface area (Å²) in [5, 5.41) is 0. The van der Waals surface area contributed by atoms with Gasteiger partial charge in [0, 0.05) is 0 Å². The number of thiocarbonyl (C=S) groups is 1. The van der Waals surface area contributed by atoms with Gasteiger partial charge in [-0.15, -0.1) is 0 Å². The van der Waals surface area contributed by atoms with E-state index in [4.69, 9.17) is 26.4 Å². The number of anilines is 1. The number of carbonyl (C=O) groups excluding carboxylic acids is 1. The van der Waals surface area contributed by atoms with Crippen LogP contribution in [-0.4, -0.2) is 23.6 Å². The first-order valence-electron chi connectivity index (χ1n) is 8.06. The maximum atomic E-state index is 12.8. The number of nitrogens with zero attached hydrogens (tertiary/aromatic N) is 1. The highest BCUT2D eigenvalue weighted by atomic mass is 32.2. The molecule has 0 atom stereocenters. The van der Waals surface area contributed by atoms with Crippen molar-refractivity contribution in [1.29, 1.82) is 0 Å². The normalized spacial score (nSPS) is 17.3. The van der Waals surface area contributed by atoms with Gasteiger partial charge in [-0.05, 0) is 55.0 Å². The lowest BCUT2D eigenvalue weighted by Crippen LogP contribution is -2.27. The highest BCUT2D eigenvalue weighted by Crippen LogP contribution is 2.38. The molecule has 0 aliphatic carbocycles. The lowest BCUT2D eigenvalue weighted by molar-refractivity contribution is -0.113. The molecular weight excluding hydrogens is 370 g/mol. The number of ether oxygens (including phenoxy) is 3. The van der Waals surface area contributed by atoms with Gasteiger partial charge in [0.05, 0.1) is 17.2 Å². The molecule has 26 heavy (non-hydrogen) atoms. The Balaban J connectivity index is 1.58. The van der Waals surface area contributed by atoms with Crippen LogP contribution < -0.4 is 19.1 Å². The van der Waals surface area contributed by atoms with Crippen molar-refractivity contribution in [2.75, 3.05) is 18.3 Å². The zero-order chi connectivity index (χ0) is 18.1. The molecule has 132 valence electrons.